The molecule has 0 saturated heterocycles. The molecule has 1 aliphatic rings. The number of alkyl halides is 3. The second-order valence-corrected chi connectivity index (χ2v) is 9.85. The Labute approximate surface area is 212 Å². The number of hydrogen-bond acceptors (Lipinski definition) is 4. The van der Waals surface area contributed by atoms with Crippen LogP contribution in [0.25, 0.3) is 10.8 Å². The highest BCUT2D eigenvalue weighted by molar-refractivity contribution is 5.99. The van der Waals surface area contributed by atoms with Crippen LogP contribution in [-0.2, 0) is 17.4 Å². The third-order valence-electron chi connectivity index (χ3n) is 6.71. The SMILES string of the molecule is CC(C)[C@H](NC(=O)c1cc2ccc(Oc3ccc(C(F)(F)F)cc3)cc2c(CC2CCCC2)n1)C(=O)O. The molecule has 9 heteroatoms. The Bertz CT molecular complexity index is 1280. The van der Waals surface area contributed by atoms with E-state index in [2.05, 4.69) is 10.3 Å². The predicted octanol–water partition coefficient (Wildman–Crippen LogP) is 6.62. The summed E-state index contributed by atoms with van der Waals surface area (Å²) >= 11 is 0. The summed E-state index contributed by atoms with van der Waals surface area (Å²) in [6, 6.07) is 10.3. The molecule has 37 heavy (non-hydrogen) atoms. The number of rotatable bonds is 8. The largest absolute Gasteiger partial charge is 0.480 e. The molecule has 0 spiro atoms. The van der Waals surface area contributed by atoms with Gasteiger partial charge in [-0.05, 0) is 66.1 Å². The first-order valence-corrected chi connectivity index (χ1v) is 12.3. The average molecular weight is 515 g/mol. The molecule has 1 saturated carbocycles. The molecule has 2 N–H and O–H groups in total. The zero-order valence-corrected chi connectivity index (χ0v) is 20.6. The summed E-state index contributed by atoms with van der Waals surface area (Å²) in [6.45, 7) is 3.44. The van der Waals surface area contributed by atoms with E-state index in [-0.39, 0.29) is 17.4 Å². The van der Waals surface area contributed by atoms with Crippen LogP contribution in [-0.4, -0.2) is 28.0 Å². The van der Waals surface area contributed by atoms with Gasteiger partial charge >= 0.3 is 12.1 Å². The van der Waals surface area contributed by atoms with E-state index < -0.39 is 29.7 Å². The summed E-state index contributed by atoms with van der Waals surface area (Å²) in [7, 11) is 0. The summed E-state index contributed by atoms with van der Waals surface area (Å²) in [6.07, 6.45) is 0.644. The average Bonchev–Trinajstić information content (AvgIpc) is 3.35. The van der Waals surface area contributed by atoms with Crippen LogP contribution in [0.15, 0.2) is 48.5 Å². The van der Waals surface area contributed by atoms with Crippen LogP contribution in [0, 0.1) is 11.8 Å². The molecule has 6 nitrogen and oxygen atoms in total. The summed E-state index contributed by atoms with van der Waals surface area (Å²) in [4.78, 5) is 29.2. The fourth-order valence-corrected chi connectivity index (χ4v) is 4.70. The third-order valence-corrected chi connectivity index (χ3v) is 6.71. The molecular weight excluding hydrogens is 485 g/mol. The Morgan fingerprint density at radius 1 is 1.05 bits per heavy atom. The number of amides is 1. The molecule has 1 heterocycles. The number of halogens is 3. The monoisotopic (exact) mass is 514 g/mol. The molecule has 1 amide bonds. The van der Waals surface area contributed by atoms with Gasteiger partial charge in [-0.15, -0.1) is 0 Å². The predicted molar refractivity (Wildman–Crippen MR) is 133 cm³/mol. The lowest BCUT2D eigenvalue weighted by atomic mass is 9.97. The van der Waals surface area contributed by atoms with Gasteiger partial charge < -0.3 is 15.2 Å². The number of hydrogen-bond donors (Lipinski definition) is 2. The fourth-order valence-electron chi connectivity index (χ4n) is 4.70. The van der Waals surface area contributed by atoms with E-state index in [1.807, 2.05) is 0 Å². The minimum Gasteiger partial charge on any atom is -0.480 e. The Hall–Kier alpha value is -3.62. The van der Waals surface area contributed by atoms with E-state index in [0.29, 0.717) is 23.8 Å². The van der Waals surface area contributed by atoms with Crippen molar-refractivity contribution in [3.8, 4) is 11.5 Å². The quantitative estimate of drug-likeness (QED) is 0.353. The van der Waals surface area contributed by atoms with Crippen molar-refractivity contribution >= 4 is 22.6 Å². The summed E-state index contributed by atoms with van der Waals surface area (Å²) in [5.74, 6) is -0.839. The van der Waals surface area contributed by atoms with Crippen LogP contribution >= 0.6 is 0 Å². The van der Waals surface area contributed by atoms with Crippen LogP contribution < -0.4 is 10.1 Å². The van der Waals surface area contributed by atoms with Gasteiger partial charge in [0, 0.05) is 11.1 Å². The van der Waals surface area contributed by atoms with Crippen LogP contribution in [0.3, 0.4) is 0 Å². The number of carboxylic acid groups (broad SMARTS) is 1. The van der Waals surface area contributed by atoms with Crippen LogP contribution in [0.4, 0.5) is 13.2 Å². The van der Waals surface area contributed by atoms with E-state index in [9.17, 15) is 27.9 Å². The van der Waals surface area contributed by atoms with Gasteiger partial charge in [0.05, 0.1) is 5.56 Å². The van der Waals surface area contributed by atoms with Crippen LogP contribution in [0.2, 0.25) is 0 Å². The molecule has 0 aliphatic heterocycles. The second kappa shape index (κ2) is 10.8. The van der Waals surface area contributed by atoms with Gasteiger partial charge in [-0.3, -0.25) is 4.79 Å². The Kier molecular flexibility index (Phi) is 7.71. The fraction of sp³-hybridized carbons (Fsp3) is 0.393. The number of aromatic nitrogens is 1. The highest BCUT2D eigenvalue weighted by Crippen LogP contribution is 2.34. The van der Waals surface area contributed by atoms with Gasteiger partial charge in [-0.1, -0.05) is 45.6 Å². The molecule has 0 bridgehead atoms. The lowest BCUT2D eigenvalue weighted by Crippen LogP contribution is -2.44. The molecule has 1 fully saturated rings. The number of benzene rings is 2. The van der Waals surface area contributed by atoms with Gasteiger partial charge in [0.25, 0.3) is 5.91 Å². The third kappa shape index (κ3) is 6.39. The normalized spacial score (nSPS) is 15.2. The number of fused-ring (bicyclic) bond motifs is 1. The van der Waals surface area contributed by atoms with Crippen LogP contribution in [0.1, 0.15) is 61.3 Å². The number of carbonyl (C=O) groups is 2. The maximum atomic E-state index is 13.0. The molecule has 1 aliphatic carbocycles. The van der Waals surface area contributed by atoms with Crippen molar-refractivity contribution in [1.29, 1.82) is 0 Å². The van der Waals surface area contributed by atoms with Gasteiger partial charge in [0.1, 0.15) is 23.2 Å². The number of ether oxygens (including phenoxy) is 1. The minimum absolute atomic E-state index is 0.142. The standard InChI is InChI=1S/C28H29F3N2O4/c1-16(2)25(27(35)36)33-26(34)24-14-18-7-10-21(37-20-11-8-19(9-12-20)28(29,30)31)15-22(18)23(32-24)13-17-5-3-4-6-17/h7-12,14-17,25H,3-6,13H2,1-2H3,(H,33,34)(H,35,36)/t25-/m0/s1. The molecule has 3 aromatic rings. The van der Waals surface area contributed by atoms with Gasteiger partial charge in [0.15, 0.2) is 0 Å². The molecule has 1 atom stereocenters. The molecular formula is C28H29F3N2O4. The summed E-state index contributed by atoms with van der Waals surface area (Å²) in [5, 5.41) is 13.6. The number of carboxylic acids is 1. The van der Waals surface area contributed by atoms with E-state index in [1.165, 1.54) is 12.1 Å². The van der Waals surface area contributed by atoms with Crippen molar-refractivity contribution in [2.75, 3.05) is 0 Å². The van der Waals surface area contributed by atoms with Crippen molar-refractivity contribution in [1.82, 2.24) is 10.3 Å². The molecule has 196 valence electrons. The number of nitrogens with zero attached hydrogens (tertiary/aromatic N) is 1. The Morgan fingerprint density at radius 2 is 1.70 bits per heavy atom. The van der Waals surface area contributed by atoms with E-state index >= 15 is 0 Å². The van der Waals surface area contributed by atoms with E-state index in [4.69, 9.17) is 4.74 Å². The maximum Gasteiger partial charge on any atom is 0.416 e. The number of aliphatic carboxylic acids is 1. The van der Waals surface area contributed by atoms with Gasteiger partial charge in [-0.25, -0.2) is 9.78 Å². The number of carbonyl (C=O) groups excluding carboxylic acids is 1. The number of nitrogens with one attached hydrogen (secondary N) is 1. The molecule has 2 aromatic carbocycles. The van der Waals surface area contributed by atoms with Crippen LogP contribution in [0.5, 0.6) is 11.5 Å². The lowest BCUT2D eigenvalue weighted by Gasteiger charge is -2.19. The molecule has 0 radical (unpaired) electrons. The van der Waals surface area contributed by atoms with Crippen molar-refractivity contribution in [3.05, 3.63) is 65.5 Å². The summed E-state index contributed by atoms with van der Waals surface area (Å²) in [5.41, 5.74) is 0.0995. The minimum atomic E-state index is -4.42. The Morgan fingerprint density at radius 3 is 2.30 bits per heavy atom. The maximum absolute atomic E-state index is 13.0. The highest BCUT2D eigenvalue weighted by Gasteiger charge is 2.30. The zero-order valence-electron chi connectivity index (χ0n) is 20.6. The first kappa shape index (κ1) is 26.4. The van der Waals surface area contributed by atoms with Crippen molar-refractivity contribution in [2.45, 2.75) is 58.2 Å². The zero-order chi connectivity index (χ0) is 26.7. The smallest absolute Gasteiger partial charge is 0.416 e. The first-order valence-electron chi connectivity index (χ1n) is 12.3. The van der Waals surface area contributed by atoms with Crippen molar-refractivity contribution in [3.63, 3.8) is 0 Å². The first-order chi connectivity index (χ1) is 17.5. The lowest BCUT2D eigenvalue weighted by molar-refractivity contribution is -0.140. The summed E-state index contributed by atoms with van der Waals surface area (Å²) < 4.78 is 44.4. The van der Waals surface area contributed by atoms with Crippen molar-refractivity contribution < 1.29 is 32.6 Å². The number of pyridine rings is 1. The van der Waals surface area contributed by atoms with E-state index in [0.717, 1.165) is 48.6 Å². The molecule has 0 unspecified atom stereocenters. The molecule has 4 rings (SSSR count). The van der Waals surface area contributed by atoms with Gasteiger partial charge in [0.2, 0.25) is 0 Å². The topological polar surface area (TPSA) is 88.5 Å². The van der Waals surface area contributed by atoms with E-state index in [1.54, 1.807) is 38.1 Å². The second-order valence-electron chi connectivity index (χ2n) is 9.85. The van der Waals surface area contributed by atoms with Crippen molar-refractivity contribution in [2.24, 2.45) is 11.8 Å². The Balaban J connectivity index is 1.66. The van der Waals surface area contributed by atoms with Gasteiger partial charge in [-0.2, -0.15) is 13.2 Å². The highest BCUT2D eigenvalue weighted by atomic mass is 19.4. The molecule has 1 aromatic heterocycles.